The van der Waals surface area contributed by atoms with E-state index in [-0.39, 0.29) is 88.1 Å². The van der Waals surface area contributed by atoms with Crippen LogP contribution in [0.2, 0.25) is 0 Å². The van der Waals surface area contributed by atoms with Gasteiger partial charge in [0.05, 0.1) is 25.5 Å². The number of amides is 2. The van der Waals surface area contributed by atoms with Gasteiger partial charge in [-0.05, 0) is 18.1 Å². The number of aromatic nitrogens is 2. The number of morpholine rings is 1. The van der Waals surface area contributed by atoms with E-state index in [0.29, 0.717) is 12.1 Å². The van der Waals surface area contributed by atoms with Crippen molar-refractivity contribution in [3.8, 4) is 0 Å². The number of nitrogens with zero attached hydrogens (tertiary/aromatic N) is 4. The monoisotopic (exact) mass is 555 g/mol. The van der Waals surface area contributed by atoms with E-state index in [0.717, 1.165) is 4.57 Å². The molecule has 2 aromatic rings. The third-order valence-electron chi connectivity index (χ3n) is 6.12. The Kier molecular flexibility index (Phi) is 8.75. The summed E-state index contributed by atoms with van der Waals surface area (Å²) in [5.41, 5.74) is 5.30. The van der Waals surface area contributed by atoms with Crippen molar-refractivity contribution in [2.24, 2.45) is 5.73 Å². The van der Waals surface area contributed by atoms with Gasteiger partial charge in [-0.2, -0.15) is 13.2 Å². The second-order valence-electron chi connectivity index (χ2n) is 8.63. The van der Waals surface area contributed by atoms with E-state index in [4.69, 9.17) is 10.5 Å². The number of alkyl halides is 3. The Balaban J connectivity index is 0.00000380. The van der Waals surface area contributed by atoms with Crippen molar-refractivity contribution in [1.82, 2.24) is 19.4 Å². The summed E-state index contributed by atoms with van der Waals surface area (Å²) in [6, 6.07) is 0.0799. The maximum atomic E-state index is 13.9. The SMILES string of the molecule is Cl.N[C@@H](CC(=O)N1CCn2c(C(F)(F)F)nc(C(=O)N3CCOCC3)c2C1)Cc1cc(F)c(F)cc1F. The second-order valence-corrected chi connectivity index (χ2v) is 8.63. The van der Waals surface area contributed by atoms with Crippen LogP contribution in [-0.2, 0) is 35.2 Å². The molecule has 2 N–H and O–H groups in total. The number of nitrogens with two attached hydrogens (primary N) is 1. The summed E-state index contributed by atoms with van der Waals surface area (Å²) in [7, 11) is 0. The number of benzene rings is 1. The Morgan fingerprint density at radius 3 is 2.30 bits per heavy atom. The van der Waals surface area contributed by atoms with Crippen LogP contribution in [0.15, 0.2) is 12.1 Å². The molecule has 2 amide bonds. The Morgan fingerprint density at radius 1 is 1.00 bits per heavy atom. The van der Waals surface area contributed by atoms with Crippen LogP contribution in [0.1, 0.15) is 34.0 Å². The van der Waals surface area contributed by atoms with Gasteiger partial charge >= 0.3 is 6.18 Å². The zero-order chi connectivity index (χ0) is 26.2. The van der Waals surface area contributed by atoms with Gasteiger partial charge in [0, 0.05) is 44.7 Å². The first-order valence-electron chi connectivity index (χ1n) is 11.2. The van der Waals surface area contributed by atoms with Crippen molar-refractivity contribution >= 4 is 24.2 Å². The summed E-state index contributed by atoms with van der Waals surface area (Å²) < 4.78 is 87.4. The fourth-order valence-corrected chi connectivity index (χ4v) is 4.31. The highest BCUT2D eigenvalue weighted by molar-refractivity contribution is 5.94. The lowest BCUT2D eigenvalue weighted by Crippen LogP contribution is -2.43. The summed E-state index contributed by atoms with van der Waals surface area (Å²) in [6.45, 7) is 0.244. The molecular formula is C22H24ClF6N5O3. The third-order valence-corrected chi connectivity index (χ3v) is 6.12. The van der Waals surface area contributed by atoms with E-state index in [1.54, 1.807) is 0 Å². The van der Waals surface area contributed by atoms with E-state index in [1.807, 2.05) is 0 Å². The minimum Gasteiger partial charge on any atom is -0.378 e. The first kappa shape index (κ1) is 28.7. The molecule has 1 saturated heterocycles. The maximum absolute atomic E-state index is 13.9. The van der Waals surface area contributed by atoms with Crippen LogP contribution in [-0.4, -0.2) is 70.1 Å². The first-order chi connectivity index (χ1) is 17.0. The summed E-state index contributed by atoms with van der Waals surface area (Å²) in [6.07, 6.45) is -5.40. The molecule has 8 nitrogen and oxygen atoms in total. The minimum atomic E-state index is -4.80. The van der Waals surface area contributed by atoms with Crippen LogP contribution < -0.4 is 5.73 Å². The molecule has 0 aliphatic carbocycles. The summed E-state index contributed by atoms with van der Waals surface area (Å²) >= 11 is 0. The molecule has 1 fully saturated rings. The van der Waals surface area contributed by atoms with E-state index >= 15 is 0 Å². The number of imidazole rings is 1. The van der Waals surface area contributed by atoms with Crippen LogP contribution in [0.4, 0.5) is 26.3 Å². The zero-order valence-electron chi connectivity index (χ0n) is 19.4. The Bertz CT molecular complexity index is 1170. The first-order valence-corrected chi connectivity index (χ1v) is 11.2. The molecule has 1 atom stereocenters. The second kappa shape index (κ2) is 11.3. The van der Waals surface area contributed by atoms with Crippen LogP contribution in [0, 0.1) is 17.5 Å². The minimum absolute atomic E-state index is 0. The number of hydrogen-bond acceptors (Lipinski definition) is 5. The summed E-state index contributed by atoms with van der Waals surface area (Å²) in [5.74, 6) is -6.07. The van der Waals surface area contributed by atoms with Crippen LogP contribution in [0.25, 0.3) is 0 Å². The predicted octanol–water partition coefficient (Wildman–Crippen LogP) is 2.52. The van der Waals surface area contributed by atoms with Crippen molar-refractivity contribution in [3.05, 3.63) is 52.4 Å². The van der Waals surface area contributed by atoms with Crippen molar-refractivity contribution in [3.63, 3.8) is 0 Å². The van der Waals surface area contributed by atoms with Gasteiger partial charge in [0.15, 0.2) is 17.3 Å². The average molecular weight is 556 g/mol. The zero-order valence-corrected chi connectivity index (χ0v) is 20.2. The van der Waals surface area contributed by atoms with Gasteiger partial charge in [-0.25, -0.2) is 18.2 Å². The van der Waals surface area contributed by atoms with Gasteiger partial charge < -0.3 is 24.8 Å². The highest BCUT2D eigenvalue weighted by Crippen LogP contribution is 2.33. The molecule has 1 aromatic heterocycles. The molecule has 2 aliphatic rings. The van der Waals surface area contributed by atoms with Gasteiger partial charge in [0.1, 0.15) is 5.82 Å². The summed E-state index contributed by atoms with van der Waals surface area (Å²) in [4.78, 5) is 32.0. The van der Waals surface area contributed by atoms with Crippen LogP contribution >= 0.6 is 12.4 Å². The number of ether oxygens (including phenoxy) is 1. The molecule has 37 heavy (non-hydrogen) atoms. The molecule has 204 valence electrons. The van der Waals surface area contributed by atoms with Crippen molar-refractivity contribution in [2.75, 3.05) is 32.8 Å². The number of carbonyl (C=O) groups is 2. The average Bonchev–Trinajstić information content (AvgIpc) is 3.22. The number of fused-ring (bicyclic) bond motifs is 1. The fraction of sp³-hybridized carbons (Fsp3) is 0.500. The number of rotatable bonds is 5. The Labute approximate surface area is 213 Å². The normalized spacial score (nSPS) is 16.7. The molecule has 4 rings (SSSR count). The molecule has 0 saturated carbocycles. The van der Waals surface area contributed by atoms with Gasteiger partial charge in [0.2, 0.25) is 11.7 Å². The van der Waals surface area contributed by atoms with Gasteiger partial charge in [-0.15, -0.1) is 12.4 Å². The predicted molar refractivity (Wildman–Crippen MR) is 119 cm³/mol. The number of carbonyl (C=O) groups excluding carboxylic acids is 2. The molecular weight excluding hydrogens is 532 g/mol. The molecule has 3 heterocycles. The highest BCUT2D eigenvalue weighted by Gasteiger charge is 2.42. The molecule has 0 unspecified atom stereocenters. The molecule has 1 aromatic carbocycles. The van der Waals surface area contributed by atoms with Crippen molar-refractivity contribution in [2.45, 2.75) is 38.1 Å². The number of halogens is 7. The van der Waals surface area contributed by atoms with Crippen molar-refractivity contribution < 1.29 is 40.7 Å². The highest BCUT2D eigenvalue weighted by atomic mass is 35.5. The largest absolute Gasteiger partial charge is 0.449 e. The lowest BCUT2D eigenvalue weighted by atomic mass is 10.0. The third kappa shape index (κ3) is 6.18. The van der Waals surface area contributed by atoms with E-state index in [2.05, 4.69) is 4.98 Å². The van der Waals surface area contributed by atoms with E-state index in [9.17, 15) is 35.9 Å². The molecule has 2 aliphatic heterocycles. The molecule has 15 heteroatoms. The fourth-order valence-electron chi connectivity index (χ4n) is 4.31. The maximum Gasteiger partial charge on any atom is 0.449 e. The van der Waals surface area contributed by atoms with Gasteiger partial charge in [0.25, 0.3) is 5.91 Å². The lowest BCUT2D eigenvalue weighted by molar-refractivity contribution is -0.148. The van der Waals surface area contributed by atoms with Gasteiger partial charge in [-0.1, -0.05) is 0 Å². The number of hydrogen-bond donors (Lipinski definition) is 1. The smallest absolute Gasteiger partial charge is 0.378 e. The Hall–Kier alpha value is -2.84. The molecule has 0 radical (unpaired) electrons. The van der Waals surface area contributed by atoms with E-state index in [1.165, 1.54) is 9.80 Å². The van der Waals surface area contributed by atoms with Crippen LogP contribution in [0.3, 0.4) is 0 Å². The topological polar surface area (TPSA) is 93.7 Å². The quantitative estimate of drug-likeness (QED) is 0.452. The molecule has 0 spiro atoms. The van der Waals surface area contributed by atoms with Crippen LogP contribution in [0.5, 0.6) is 0 Å². The van der Waals surface area contributed by atoms with Crippen molar-refractivity contribution in [1.29, 1.82) is 0 Å². The van der Waals surface area contributed by atoms with E-state index < -0.39 is 47.3 Å². The summed E-state index contributed by atoms with van der Waals surface area (Å²) in [5, 5.41) is 0. The Morgan fingerprint density at radius 2 is 1.65 bits per heavy atom. The lowest BCUT2D eigenvalue weighted by Gasteiger charge is -2.31. The van der Waals surface area contributed by atoms with Gasteiger partial charge in [-0.3, -0.25) is 9.59 Å². The standard InChI is InChI=1S/C22H23F6N5O3.ClH/c23-14-10-16(25)15(24)8-12(14)7-13(29)9-18(34)32-1-2-33-17(11-32)19(30-21(33)22(26,27)28)20(35)31-3-5-36-6-4-31;/h8,10,13H,1-7,9,11,29H2;1H/t13-;/m1./s1. The molecule has 0 bridgehead atoms.